The van der Waals surface area contributed by atoms with Gasteiger partial charge in [-0.1, -0.05) is 41.6 Å². The van der Waals surface area contributed by atoms with Crippen LogP contribution in [0.5, 0.6) is 5.75 Å². The maximum Gasteiger partial charge on any atom is 0.376 e. The van der Waals surface area contributed by atoms with E-state index in [-0.39, 0.29) is 0 Å². The summed E-state index contributed by atoms with van der Waals surface area (Å²) < 4.78 is 5.02. The average molecular weight is 240 g/mol. The van der Waals surface area contributed by atoms with Gasteiger partial charge in [0.15, 0.2) is 0 Å². The van der Waals surface area contributed by atoms with Gasteiger partial charge in [0.2, 0.25) is 0 Å². The van der Waals surface area contributed by atoms with Crippen LogP contribution in [-0.2, 0) is 4.79 Å². The number of esters is 1. The number of oxime groups is 1. The molecule has 0 unspecified atom stereocenters. The maximum atomic E-state index is 11.5. The molecule has 2 rings (SSSR count). The van der Waals surface area contributed by atoms with Gasteiger partial charge in [-0.15, -0.1) is 0 Å². The van der Waals surface area contributed by atoms with Crippen molar-refractivity contribution in [3.63, 3.8) is 0 Å². The summed E-state index contributed by atoms with van der Waals surface area (Å²) in [5.41, 5.74) is -0.692. The number of nitrogens with zero attached hydrogens (tertiary/aromatic N) is 2. The predicted octanol–water partition coefficient (Wildman–Crippen LogP) is 2.10. The first kappa shape index (κ1) is 11.6. The second-order valence-electron chi connectivity index (χ2n) is 3.43. The van der Waals surface area contributed by atoms with Gasteiger partial charge in [-0.2, -0.15) is 5.26 Å². The number of nitriles is 1. The van der Waals surface area contributed by atoms with Crippen LogP contribution in [0.15, 0.2) is 47.6 Å². The summed E-state index contributed by atoms with van der Waals surface area (Å²) in [6.07, 6.45) is 0. The summed E-state index contributed by atoms with van der Waals surface area (Å²) in [7, 11) is 0. The smallest absolute Gasteiger partial charge is 0.376 e. The fourth-order valence-corrected chi connectivity index (χ4v) is 1.54. The van der Waals surface area contributed by atoms with E-state index in [1.807, 2.05) is 24.3 Å². The van der Waals surface area contributed by atoms with Gasteiger partial charge in [0.05, 0.1) is 0 Å². The van der Waals surface area contributed by atoms with Crippen molar-refractivity contribution in [3.05, 3.63) is 42.5 Å². The number of rotatable bonds is 2. The lowest BCUT2D eigenvalue weighted by molar-refractivity contribution is -0.126. The average Bonchev–Trinajstić information content (AvgIpc) is 2.40. The van der Waals surface area contributed by atoms with Crippen molar-refractivity contribution >= 4 is 22.5 Å². The third-order valence-corrected chi connectivity index (χ3v) is 2.35. The van der Waals surface area contributed by atoms with Gasteiger partial charge in [0.25, 0.3) is 5.71 Å². The molecule has 0 aliphatic carbocycles. The van der Waals surface area contributed by atoms with E-state index in [1.54, 1.807) is 18.2 Å². The number of hydrogen-bond acceptors (Lipinski definition) is 5. The topological polar surface area (TPSA) is 82.7 Å². The van der Waals surface area contributed by atoms with E-state index in [9.17, 15) is 4.79 Å². The minimum atomic E-state index is -0.989. The highest BCUT2D eigenvalue weighted by molar-refractivity contribution is 6.43. The van der Waals surface area contributed by atoms with Crippen LogP contribution in [-0.4, -0.2) is 16.9 Å². The number of ether oxygens (including phenoxy) is 1. The second-order valence-corrected chi connectivity index (χ2v) is 3.43. The fourth-order valence-electron chi connectivity index (χ4n) is 1.54. The molecule has 0 saturated carbocycles. The lowest BCUT2D eigenvalue weighted by Gasteiger charge is -2.05. The summed E-state index contributed by atoms with van der Waals surface area (Å²) in [5.74, 6) is -0.675. The molecule has 0 aromatic heterocycles. The fraction of sp³-hybridized carbons (Fsp3) is 0. The first-order valence-corrected chi connectivity index (χ1v) is 5.08. The highest BCUT2D eigenvalue weighted by atomic mass is 16.5. The molecule has 0 atom stereocenters. The summed E-state index contributed by atoms with van der Waals surface area (Å²) >= 11 is 0. The van der Waals surface area contributed by atoms with Crippen LogP contribution < -0.4 is 4.74 Å². The van der Waals surface area contributed by atoms with Crippen molar-refractivity contribution in [1.82, 2.24) is 0 Å². The zero-order valence-corrected chi connectivity index (χ0v) is 9.20. The van der Waals surface area contributed by atoms with Crippen LogP contribution in [0.2, 0.25) is 0 Å². The molecule has 2 aromatic carbocycles. The molecular weight excluding hydrogens is 232 g/mol. The van der Waals surface area contributed by atoms with Gasteiger partial charge in [-0.3, -0.25) is 0 Å². The normalized spacial score (nSPS) is 10.9. The van der Waals surface area contributed by atoms with Gasteiger partial charge in [-0.25, -0.2) is 4.79 Å². The molecule has 0 fully saturated rings. The Kier molecular flexibility index (Phi) is 3.21. The minimum Gasteiger partial charge on any atom is -0.421 e. The SMILES string of the molecule is N#C/C(=N/O)C(=O)Oc1cccc2ccccc12. The number of benzene rings is 2. The zero-order chi connectivity index (χ0) is 13.0. The quantitative estimate of drug-likeness (QED) is 0.286. The molecular formula is C13H8N2O3. The highest BCUT2D eigenvalue weighted by Gasteiger charge is 2.15. The standard InChI is InChI=1S/C13H8N2O3/c14-8-11(15-17)13(16)18-12-7-3-5-9-4-1-2-6-10(9)12/h1-7,17H/b15-11-. The Bertz CT molecular complexity index is 666. The first-order chi connectivity index (χ1) is 8.76. The van der Waals surface area contributed by atoms with E-state index >= 15 is 0 Å². The van der Waals surface area contributed by atoms with Crippen LogP contribution >= 0.6 is 0 Å². The molecule has 0 aliphatic rings. The van der Waals surface area contributed by atoms with Crippen molar-refractivity contribution in [1.29, 1.82) is 5.26 Å². The molecule has 0 bridgehead atoms. The molecule has 0 radical (unpaired) electrons. The van der Waals surface area contributed by atoms with Crippen molar-refractivity contribution in [3.8, 4) is 11.8 Å². The molecule has 88 valence electrons. The highest BCUT2D eigenvalue weighted by Crippen LogP contribution is 2.25. The first-order valence-electron chi connectivity index (χ1n) is 5.08. The summed E-state index contributed by atoms with van der Waals surface area (Å²) in [6.45, 7) is 0. The maximum absolute atomic E-state index is 11.5. The summed E-state index contributed by atoms with van der Waals surface area (Å²) in [6, 6.07) is 14.0. The predicted molar refractivity (Wildman–Crippen MR) is 64.4 cm³/mol. The minimum absolute atomic E-state index is 0.314. The Hall–Kier alpha value is -2.87. The third kappa shape index (κ3) is 2.13. The molecule has 2 aromatic rings. The van der Waals surface area contributed by atoms with Crippen molar-refractivity contribution in [2.75, 3.05) is 0 Å². The number of carbonyl (C=O) groups excluding carboxylic acids is 1. The van der Waals surface area contributed by atoms with Crippen LogP contribution in [0.25, 0.3) is 10.8 Å². The van der Waals surface area contributed by atoms with Crippen molar-refractivity contribution < 1.29 is 14.7 Å². The Labute approximate surface area is 103 Å². The van der Waals surface area contributed by atoms with E-state index in [0.717, 1.165) is 10.8 Å². The van der Waals surface area contributed by atoms with Gasteiger partial charge < -0.3 is 9.94 Å². The monoisotopic (exact) mass is 240 g/mol. The molecule has 0 saturated heterocycles. The van der Waals surface area contributed by atoms with Crippen molar-refractivity contribution in [2.45, 2.75) is 0 Å². The molecule has 1 N–H and O–H groups in total. The molecule has 0 amide bonds. The Morgan fingerprint density at radius 2 is 1.94 bits per heavy atom. The second kappa shape index (κ2) is 4.97. The number of carbonyl (C=O) groups is 1. The number of fused-ring (bicyclic) bond motifs is 1. The summed E-state index contributed by atoms with van der Waals surface area (Å²) in [5, 5.41) is 21.2. The van der Waals surface area contributed by atoms with E-state index in [0.29, 0.717) is 5.75 Å². The molecule has 18 heavy (non-hydrogen) atoms. The van der Waals surface area contributed by atoms with Crippen LogP contribution in [0.4, 0.5) is 0 Å². The van der Waals surface area contributed by atoms with Gasteiger partial charge in [0.1, 0.15) is 11.8 Å². The van der Waals surface area contributed by atoms with Gasteiger partial charge >= 0.3 is 5.97 Å². The van der Waals surface area contributed by atoms with Crippen LogP contribution in [0.3, 0.4) is 0 Å². The van der Waals surface area contributed by atoms with E-state index in [4.69, 9.17) is 15.2 Å². The molecule has 5 heteroatoms. The largest absolute Gasteiger partial charge is 0.421 e. The molecule has 0 heterocycles. The molecule has 0 spiro atoms. The van der Waals surface area contributed by atoms with Gasteiger partial charge in [-0.05, 0) is 11.5 Å². The number of hydrogen-bond donors (Lipinski definition) is 1. The van der Waals surface area contributed by atoms with E-state index < -0.39 is 11.7 Å². The Morgan fingerprint density at radius 1 is 1.22 bits per heavy atom. The molecule has 0 aliphatic heterocycles. The van der Waals surface area contributed by atoms with Crippen molar-refractivity contribution in [2.24, 2.45) is 5.16 Å². The third-order valence-electron chi connectivity index (χ3n) is 2.35. The Balaban J connectivity index is 2.39. The lowest BCUT2D eigenvalue weighted by Crippen LogP contribution is -2.19. The lowest BCUT2D eigenvalue weighted by atomic mass is 10.1. The van der Waals surface area contributed by atoms with E-state index in [1.165, 1.54) is 6.07 Å². The summed E-state index contributed by atoms with van der Waals surface area (Å²) in [4.78, 5) is 11.5. The Morgan fingerprint density at radius 3 is 2.67 bits per heavy atom. The van der Waals surface area contributed by atoms with Crippen LogP contribution in [0.1, 0.15) is 0 Å². The van der Waals surface area contributed by atoms with Crippen LogP contribution in [0, 0.1) is 11.3 Å². The zero-order valence-electron chi connectivity index (χ0n) is 9.20. The molecule has 5 nitrogen and oxygen atoms in total. The van der Waals surface area contributed by atoms with Gasteiger partial charge in [0, 0.05) is 5.39 Å². The van der Waals surface area contributed by atoms with E-state index in [2.05, 4.69) is 5.16 Å².